The zero-order valence-electron chi connectivity index (χ0n) is 12.9. The Morgan fingerprint density at radius 1 is 1.38 bits per heavy atom. The number of hydrogen-bond acceptors (Lipinski definition) is 3. The molecule has 1 heterocycles. The van der Waals surface area contributed by atoms with Crippen LogP contribution in [0, 0.1) is 5.92 Å². The van der Waals surface area contributed by atoms with Crippen LogP contribution in [-0.2, 0) is 10.2 Å². The predicted octanol–water partition coefficient (Wildman–Crippen LogP) is 1.79. The van der Waals surface area contributed by atoms with Gasteiger partial charge in [-0.15, -0.1) is 0 Å². The molecule has 114 valence electrons. The lowest BCUT2D eigenvalue weighted by Gasteiger charge is -2.18. The maximum absolute atomic E-state index is 12.6. The van der Waals surface area contributed by atoms with Gasteiger partial charge in [0.25, 0.3) is 0 Å². The zero-order chi connectivity index (χ0) is 14.9. The van der Waals surface area contributed by atoms with Crippen LogP contribution in [0.1, 0.15) is 24.8 Å². The normalized spacial score (nSPS) is 23.8. The van der Waals surface area contributed by atoms with Gasteiger partial charge in [-0.1, -0.05) is 12.1 Å². The molecule has 1 atom stereocenters. The molecule has 2 fully saturated rings. The summed E-state index contributed by atoms with van der Waals surface area (Å²) in [5, 5.41) is 3.18. The Kier molecular flexibility index (Phi) is 3.89. The lowest BCUT2D eigenvalue weighted by atomic mass is 9.94. The van der Waals surface area contributed by atoms with Gasteiger partial charge in [0, 0.05) is 13.1 Å². The van der Waals surface area contributed by atoms with Crippen LogP contribution in [0.2, 0.25) is 0 Å². The molecular weight excluding hydrogens is 264 g/mol. The van der Waals surface area contributed by atoms with E-state index < -0.39 is 0 Å². The SMILES string of the molecule is COc1ccc(C2(C(=O)NC[C@H]3CCN(C)C3)CC2)cc1. The molecule has 0 bridgehead atoms. The summed E-state index contributed by atoms with van der Waals surface area (Å²) in [5.74, 6) is 1.64. The Morgan fingerprint density at radius 2 is 2.10 bits per heavy atom. The average molecular weight is 288 g/mol. The highest BCUT2D eigenvalue weighted by Crippen LogP contribution is 2.48. The number of carbonyl (C=O) groups is 1. The fourth-order valence-electron chi connectivity index (χ4n) is 3.28. The molecule has 1 aromatic rings. The van der Waals surface area contributed by atoms with Gasteiger partial charge in [-0.3, -0.25) is 4.79 Å². The largest absolute Gasteiger partial charge is 0.497 e. The second-order valence-corrected chi connectivity index (χ2v) is 6.44. The van der Waals surface area contributed by atoms with E-state index in [1.165, 1.54) is 6.42 Å². The van der Waals surface area contributed by atoms with Crippen LogP contribution in [0.5, 0.6) is 5.75 Å². The van der Waals surface area contributed by atoms with Crippen molar-refractivity contribution in [3.05, 3.63) is 29.8 Å². The number of nitrogens with zero attached hydrogens (tertiary/aromatic N) is 1. The third kappa shape index (κ3) is 2.91. The second-order valence-electron chi connectivity index (χ2n) is 6.44. The maximum Gasteiger partial charge on any atom is 0.230 e. The monoisotopic (exact) mass is 288 g/mol. The molecule has 1 saturated carbocycles. The molecule has 1 aliphatic carbocycles. The predicted molar refractivity (Wildman–Crippen MR) is 82.5 cm³/mol. The highest BCUT2D eigenvalue weighted by molar-refractivity contribution is 5.91. The molecular formula is C17H24N2O2. The van der Waals surface area contributed by atoms with Crippen molar-refractivity contribution in [1.29, 1.82) is 0 Å². The number of likely N-dealkylation sites (tertiary alicyclic amines) is 1. The molecule has 1 aromatic carbocycles. The smallest absolute Gasteiger partial charge is 0.230 e. The highest BCUT2D eigenvalue weighted by atomic mass is 16.5. The van der Waals surface area contributed by atoms with E-state index in [4.69, 9.17) is 4.74 Å². The quantitative estimate of drug-likeness (QED) is 0.898. The van der Waals surface area contributed by atoms with E-state index >= 15 is 0 Å². The Morgan fingerprint density at radius 3 is 2.62 bits per heavy atom. The van der Waals surface area contributed by atoms with Gasteiger partial charge in [0.1, 0.15) is 5.75 Å². The molecule has 1 amide bonds. The van der Waals surface area contributed by atoms with Crippen molar-refractivity contribution in [2.75, 3.05) is 33.8 Å². The third-order valence-corrected chi connectivity index (χ3v) is 4.87. The van der Waals surface area contributed by atoms with Crippen molar-refractivity contribution in [3.63, 3.8) is 0 Å². The number of benzene rings is 1. The summed E-state index contributed by atoms with van der Waals surface area (Å²) in [6.45, 7) is 3.04. The van der Waals surface area contributed by atoms with Crippen LogP contribution in [0.3, 0.4) is 0 Å². The number of hydrogen-bond donors (Lipinski definition) is 1. The second kappa shape index (κ2) is 5.68. The van der Waals surface area contributed by atoms with E-state index in [2.05, 4.69) is 17.3 Å². The van der Waals surface area contributed by atoms with Gasteiger partial charge in [0.05, 0.1) is 12.5 Å². The van der Waals surface area contributed by atoms with Crippen LogP contribution >= 0.6 is 0 Å². The van der Waals surface area contributed by atoms with Crippen LogP contribution < -0.4 is 10.1 Å². The highest BCUT2D eigenvalue weighted by Gasteiger charge is 2.51. The summed E-state index contributed by atoms with van der Waals surface area (Å²) in [4.78, 5) is 14.9. The number of amides is 1. The Bertz CT molecular complexity index is 508. The van der Waals surface area contributed by atoms with Gasteiger partial charge in [0.2, 0.25) is 5.91 Å². The summed E-state index contributed by atoms with van der Waals surface area (Å²) in [6, 6.07) is 7.92. The molecule has 0 spiro atoms. The average Bonchev–Trinajstić information content (AvgIpc) is 3.22. The van der Waals surface area contributed by atoms with Crippen LogP contribution in [0.4, 0.5) is 0 Å². The summed E-state index contributed by atoms with van der Waals surface area (Å²) >= 11 is 0. The summed E-state index contributed by atoms with van der Waals surface area (Å²) < 4.78 is 5.18. The number of rotatable bonds is 5. The van der Waals surface area contributed by atoms with Crippen molar-refractivity contribution < 1.29 is 9.53 Å². The Hall–Kier alpha value is -1.55. The minimum atomic E-state index is -0.281. The molecule has 3 rings (SSSR count). The van der Waals surface area contributed by atoms with Crippen molar-refractivity contribution in [3.8, 4) is 5.75 Å². The fourth-order valence-corrected chi connectivity index (χ4v) is 3.28. The number of nitrogens with one attached hydrogen (secondary N) is 1. The van der Waals surface area contributed by atoms with Crippen molar-refractivity contribution in [2.24, 2.45) is 5.92 Å². The van der Waals surface area contributed by atoms with Crippen LogP contribution in [0.25, 0.3) is 0 Å². The lowest BCUT2D eigenvalue weighted by Crippen LogP contribution is -2.38. The summed E-state index contributed by atoms with van der Waals surface area (Å²) in [5.41, 5.74) is 0.834. The molecule has 0 aromatic heterocycles. The first-order valence-corrected chi connectivity index (χ1v) is 7.75. The minimum Gasteiger partial charge on any atom is -0.497 e. The third-order valence-electron chi connectivity index (χ3n) is 4.87. The maximum atomic E-state index is 12.6. The molecule has 4 heteroatoms. The molecule has 1 aliphatic heterocycles. The Balaban J connectivity index is 1.60. The topological polar surface area (TPSA) is 41.6 Å². The van der Waals surface area contributed by atoms with Crippen molar-refractivity contribution in [2.45, 2.75) is 24.7 Å². The van der Waals surface area contributed by atoms with Gasteiger partial charge >= 0.3 is 0 Å². The zero-order valence-corrected chi connectivity index (χ0v) is 12.9. The van der Waals surface area contributed by atoms with Crippen molar-refractivity contribution in [1.82, 2.24) is 10.2 Å². The molecule has 4 nitrogen and oxygen atoms in total. The van der Waals surface area contributed by atoms with Crippen molar-refractivity contribution >= 4 is 5.91 Å². The first kappa shape index (κ1) is 14.4. The number of carbonyl (C=O) groups excluding carboxylic acids is 1. The molecule has 1 N–H and O–H groups in total. The van der Waals surface area contributed by atoms with E-state index in [0.717, 1.165) is 43.8 Å². The van der Waals surface area contributed by atoms with E-state index in [9.17, 15) is 4.79 Å². The molecule has 0 unspecified atom stereocenters. The fraction of sp³-hybridized carbons (Fsp3) is 0.588. The standard InChI is InChI=1S/C17H24N2O2/c1-19-10-7-13(12-19)11-18-16(20)17(8-9-17)14-3-5-15(21-2)6-4-14/h3-6,13H,7-12H2,1-2H3,(H,18,20)/t13-/m1/s1. The van der Waals surface area contributed by atoms with Crippen LogP contribution in [0.15, 0.2) is 24.3 Å². The minimum absolute atomic E-state index is 0.196. The van der Waals surface area contributed by atoms with E-state index in [1.54, 1.807) is 7.11 Å². The van der Waals surface area contributed by atoms with E-state index in [-0.39, 0.29) is 11.3 Å². The first-order valence-electron chi connectivity index (χ1n) is 7.75. The number of ether oxygens (including phenoxy) is 1. The summed E-state index contributed by atoms with van der Waals surface area (Å²) in [7, 11) is 3.80. The molecule has 0 radical (unpaired) electrons. The van der Waals surface area contributed by atoms with E-state index in [0.29, 0.717) is 5.92 Å². The first-order chi connectivity index (χ1) is 10.1. The van der Waals surface area contributed by atoms with Gasteiger partial charge in [-0.2, -0.15) is 0 Å². The molecule has 1 saturated heterocycles. The van der Waals surface area contributed by atoms with Gasteiger partial charge in [-0.05, 0) is 56.5 Å². The lowest BCUT2D eigenvalue weighted by molar-refractivity contribution is -0.123. The molecule has 21 heavy (non-hydrogen) atoms. The number of methoxy groups -OCH3 is 1. The van der Waals surface area contributed by atoms with Gasteiger partial charge in [0.15, 0.2) is 0 Å². The molecule has 2 aliphatic rings. The summed E-state index contributed by atoms with van der Waals surface area (Å²) in [6.07, 6.45) is 3.10. The van der Waals surface area contributed by atoms with Crippen LogP contribution in [-0.4, -0.2) is 44.6 Å². The van der Waals surface area contributed by atoms with E-state index in [1.807, 2.05) is 24.3 Å². The van der Waals surface area contributed by atoms with Gasteiger partial charge < -0.3 is 15.0 Å². The van der Waals surface area contributed by atoms with Gasteiger partial charge in [-0.25, -0.2) is 0 Å². The Labute approximate surface area is 126 Å².